The van der Waals surface area contributed by atoms with Gasteiger partial charge in [-0.15, -0.1) is 0 Å². The molecule has 0 bridgehead atoms. The maximum Gasteiger partial charge on any atom is 0.220 e. The molecule has 3 heteroatoms. The normalized spacial score (nSPS) is 12.3. The Kier molecular flexibility index (Phi) is 3.74. The van der Waals surface area contributed by atoms with Gasteiger partial charge in [-0.25, -0.2) is 4.98 Å². The second kappa shape index (κ2) is 4.84. The Balaban J connectivity index is 2.86. The first kappa shape index (κ1) is 10.8. The van der Waals surface area contributed by atoms with Gasteiger partial charge in [-0.05, 0) is 26.3 Å². The average Bonchev–Trinajstić information content (AvgIpc) is 2.21. The fourth-order valence-corrected chi connectivity index (χ4v) is 1.11. The molecule has 0 N–H and O–H groups in total. The maximum absolute atomic E-state index is 5.65. The van der Waals surface area contributed by atoms with Gasteiger partial charge < -0.3 is 9.47 Å². The monoisotopic (exact) mass is 195 g/mol. The minimum absolute atomic E-state index is 0.188. The lowest BCUT2D eigenvalue weighted by Crippen LogP contribution is -2.11. The van der Waals surface area contributed by atoms with E-state index in [0.717, 1.165) is 17.7 Å². The van der Waals surface area contributed by atoms with E-state index in [-0.39, 0.29) is 6.10 Å². The number of methoxy groups -OCH3 is 1. The molecule has 0 radical (unpaired) electrons. The average molecular weight is 195 g/mol. The Morgan fingerprint density at radius 1 is 1.50 bits per heavy atom. The summed E-state index contributed by atoms with van der Waals surface area (Å²) in [5.74, 6) is 1.48. The van der Waals surface area contributed by atoms with E-state index in [9.17, 15) is 0 Å². The van der Waals surface area contributed by atoms with Crippen LogP contribution in [0.15, 0.2) is 12.3 Å². The first-order valence-electron chi connectivity index (χ1n) is 4.85. The molecule has 1 atom stereocenters. The van der Waals surface area contributed by atoms with E-state index in [1.807, 2.05) is 19.9 Å². The molecule has 78 valence electrons. The van der Waals surface area contributed by atoms with Crippen molar-refractivity contribution in [2.45, 2.75) is 33.3 Å². The first-order valence-corrected chi connectivity index (χ1v) is 4.85. The third kappa shape index (κ3) is 2.37. The Morgan fingerprint density at radius 3 is 2.79 bits per heavy atom. The van der Waals surface area contributed by atoms with Crippen LogP contribution in [-0.4, -0.2) is 18.2 Å². The van der Waals surface area contributed by atoms with Gasteiger partial charge in [0, 0.05) is 6.20 Å². The molecular weight excluding hydrogens is 178 g/mol. The van der Waals surface area contributed by atoms with Gasteiger partial charge >= 0.3 is 0 Å². The fraction of sp³-hybridized carbons (Fsp3) is 0.545. The molecule has 1 aromatic heterocycles. The molecule has 1 aromatic rings. The van der Waals surface area contributed by atoms with Crippen LogP contribution >= 0.6 is 0 Å². The Labute approximate surface area is 85.1 Å². The zero-order valence-corrected chi connectivity index (χ0v) is 9.20. The number of hydrogen-bond donors (Lipinski definition) is 0. The smallest absolute Gasteiger partial charge is 0.220 e. The van der Waals surface area contributed by atoms with Crippen LogP contribution < -0.4 is 9.47 Å². The van der Waals surface area contributed by atoms with E-state index < -0.39 is 0 Å². The van der Waals surface area contributed by atoms with E-state index in [4.69, 9.17) is 9.47 Å². The summed E-state index contributed by atoms with van der Waals surface area (Å²) < 4.78 is 10.8. The number of nitrogens with zero attached hydrogens (tertiary/aromatic N) is 1. The molecule has 0 aliphatic carbocycles. The second-order valence-corrected chi connectivity index (χ2v) is 3.28. The molecule has 14 heavy (non-hydrogen) atoms. The van der Waals surface area contributed by atoms with Crippen molar-refractivity contribution >= 4 is 0 Å². The van der Waals surface area contributed by atoms with Crippen molar-refractivity contribution in [1.29, 1.82) is 0 Å². The van der Waals surface area contributed by atoms with Crippen molar-refractivity contribution in [2.75, 3.05) is 7.11 Å². The third-order valence-electron chi connectivity index (χ3n) is 2.22. The summed E-state index contributed by atoms with van der Waals surface area (Å²) in [5.41, 5.74) is 0.954. The van der Waals surface area contributed by atoms with Crippen LogP contribution in [0.3, 0.4) is 0 Å². The topological polar surface area (TPSA) is 31.4 Å². The number of rotatable bonds is 4. The van der Waals surface area contributed by atoms with E-state index >= 15 is 0 Å². The van der Waals surface area contributed by atoms with E-state index in [1.54, 1.807) is 13.3 Å². The lowest BCUT2D eigenvalue weighted by atomic mass is 10.2. The van der Waals surface area contributed by atoms with Crippen molar-refractivity contribution in [2.24, 2.45) is 0 Å². The summed E-state index contributed by atoms with van der Waals surface area (Å²) in [6.07, 6.45) is 2.86. The van der Waals surface area contributed by atoms with E-state index in [2.05, 4.69) is 11.9 Å². The summed E-state index contributed by atoms with van der Waals surface area (Å²) in [6, 6.07) is 1.83. The van der Waals surface area contributed by atoms with Gasteiger partial charge in [-0.1, -0.05) is 6.92 Å². The second-order valence-electron chi connectivity index (χ2n) is 3.28. The number of ether oxygens (including phenoxy) is 2. The molecular formula is C11H17NO2. The van der Waals surface area contributed by atoms with Crippen LogP contribution in [0.2, 0.25) is 0 Å². The summed E-state index contributed by atoms with van der Waals surface area (Å²) in [6.45, 7) is 6.06. The summed E-state index contributed by atoms with van der Waals surface area (Å²) in [4.78, 5) is 4.17. The predicted octanol–water partition coefficient (Wildman–Crippen LogP) is 2.58. The third-order valence-corrected chi connectivity index (χ3v) is 2.22. The Morgan fingerprint density at radius 2 is 2.21 bits per heavy atom. The van der Waals surface area contributed by atoms with Crippen LogP contribution in [0.25, 0.3) is 0 Å². The molecule has 0 aromatic carbocycles. The molecule has 0 amide bonds. The molecule has 1 unspecified atom stereocenters. The van der Waals surface area contributed by atoms with Crippen molar-refractivity contribution in [3.8, 4) is 11.6 Å². The largest absolute Gasteiger partial charge is 0.496 e. The summed E-state index contributed by atoms with van der Waals surface area (Å²) >= 11 is 0. The van der Waals surface area contributed by atoms with Crippen LogP contribution in [0.5, 0.6) is 11.6 Å². The minimum atomic E-state index is 0.188. The van der Waals surface area contributed by atoms with Gasteiger partial charge in [0.15, 0.2) is 0 Å². The highest BCUT2D eigenvalue weighted by atomic mass is 16.5. The van der Waals surface area contributed by atoms with Gasteiger partial charge in [0.25, 0.3) is 0 Å². The Bertz CT molecular complexity index is 299. The molecule has 1 heterocycles. The van der Waals surface area contributed by atoms with Crippen molar-refractivity contribution in [3.05, 3.63) is 17.8 Å². The molecule has 0 fully saturated rings. The van der Waals surface area contributed by atoms with Crippen molar-refractivity contribution < 1.29 is 9.47 Å². The molecule has 0 aliphatic heterocycles. The molecule has 3 nitrogen and oxygen atoms in total. The molecule has 0 spiro atoms. The van der Waals surface area contributed by atoms with Crippen LogP contribution in [0.1, 0.15) is 25.8 Å². The van der Waals surface area contributed by atoms with Crippen molar-refractivity contribution in [3.63, 3.8) is 0 Å². The highest BCUT2D eigenvalue weighted by Gasteiger charge is 2.09. The molecule has 0 saturated heterocycles. The lowest BCUT2D eigenvalue weighted by molar-refractivity contribution is 0.206. The number of hydrogen-bond acceptors (Lipinski definition) is 3. The number of pyridine rings is 1. The zero-order chi connectivity index (χ0) is 10.6. The Hall–Kier alpha value is -1.25. The fourth-order valence-electron chi connectivity index (χ4n) is 1.11. The van der Waals surface area contributed by atoms with Gasteiger partial charge in [0.1, 0.15) is 5.75 Å². The van der Waals surface area contributed by atoms with E-state index in [1.165, 1.54) is 0 Å². The van der Waals surface area contributed by atoms with Crippen molar-refractivity contribution in [1.82, 2.24) is 4.98 Å². The quantitative estimate of drug-likeness (QED) is 0.740. The summed E-state index contributed by atoms with van der Waals surface area (Å²) in [7, 11) is 1.65. The highest BCUT2D eigenvalue weighted by molar-refractivity contribution is 5.38. The van der Waals surface area contributed by atoms with Gasteiger partial charge in [0.2, 0.25) is 5.88 Å². The number of aromatic nitrogens is 1. The lowest BCUT2D eigenvalue weighted by Gasteiger charge is -2.14. The van der Waals surface area contributed by atoms with Crippen LogP contribution in [0.4, 0.5) is 0 Å². The summed E-state index contributed by atoms with van der Waals surface area (Å²) in [5, 5.41) is 0. The predicted molar refractivity (Wildman–Crippen MR) is 55.9 cm³/mol. The molecule has 1 rings (SSSR count). The SMILES string of the molecule is CCC(C)Oc1nccc(OC)c1C. The highest BCUT2D eigenvalue weighted by Crippen LogP contribution is 2.25. The minimum Gasteiger partial charge on any atom is -0.496 e. The zero-order valence-electron chi connectivity index (χ0n) is 9.20. The van der Waals surface area contributed by atoms with Gasteiger partial charge in [-0.3, -0.25) is 0 Å². The first-order chi connectivity index (χ1) is 6.69. The van der Waals surface area contributed by atoms with Gasteiger partial charge in [-0.2, -0.15) is 0 Å². The maximum atomic E-state index is 5.65. The van der Waals surface area contributed by atoms with Crippen LogP contribution in [0, 0.1) is 6.92 Å². The van der Waals surface area contributed by atoms with E-state index in [0.29, 0.717) is 5.88 Å². The van der Waals surface area contributed by atoms with Crippen LogP contribution in [-0.2, 0) is 0 Å². The van der Waals surface area contributed by atoms with Gasteiger partial charge in [0.05, 0.1) is 18.8 Å². The standard InChI is InChI=1S/C11H17NO2/c1-5-8(2)14-11-9(3)10(13-4)6-7-12-11/h6-8H,5H2,1-4H3. The molecule has 0 aliphatic rings. The molecule has 0 saturated carbocycles.